The second kappa shape index (κ2) is 5.73. The quantitative estimate of drug-likeness (QED) is 0.739. The van der Waals surface area contributed by atoms with Crippen LogP contribution < -0.4 is 5.73 Å². The van der Waals surface area contributed by atoms with Crippen molar-refractivity contribution in [2.45, 2.75) is 85.6 Å². The molecule has 0 amide bonds. The summed E-state index contributed by atoms with van der Waals surface area (Å²) in [6, 6.07) is 0.331. The SMILES string of the molecule is CC(C)C1(C)CCCCCC(C)(C(C)N)CC1. The molecule has 1 aliphatic carbocycles. The van der Waals surface area contributed by atoms with Gasteiger partial charge in [0.2, 0.25) is 0 Å². The van der Waals surface area contributed by atoms with Gasteiger partial charge < -0.3 is 5.73 Å². The maximum atomic E-state index is 6.24. The van der Waals surface area contributed by atoms with Crippen LogP contribution in [-0.2, 0) is 0 Å². The van der Waals surface area contributed by atoms with Crippen LogP contribution in [0.4, 0.5) is 0 Å². The predicted molar refractivity (Wildman–Crippen MR) is 77.0 cm³/mol. The fourth-order valence-electron chi connectivity index (χ4n) is 3.09. The maximum absolute atomic E-state index is 6.24. The standard InChI is InChI=1S/C16H33N/c1-13(2)15(4)9-7-6-8-10-16(5,12-11-15)14(3)17/h13-14H,6-12,17H2,1-5H3. The molecule has 0 aliphatic heterocycles. The Bertz CT molecular complexity index is 210. The minimum Gasteiger partial charge on any atom is -0.327 e. The van der Waals surface area contributed by atoms with Gasteiger partial charge >= 0.3 is 0 Å². The van der Waals surface area contributed by atoms with Crippen LogP contribution >= 0.6 is 0 Å². The highest BCUT2D eigenvalue weighted by Crippen LogP contribution is 2.44. The van der Waals surface area contributed by atoms with Crippen molar-refractivity contribution in [3.8, 4) is 0 Å². The molecule has 1 rings (SSSR count). The lowest BCUT2D eigenvalue weighted by Crippen LogP contribution is -2.38. The molecule has 0 aromatic rings. The van der Waals surface area contributed by atoms with Crippen molar-refractivity contribution in [2.24, 2.45) is 22.5 Å². The van der Waals surface area contributed by atoms with E-state index in [2.05, 4.69) is 34.6 Å². The molecular formula is C16H33N. The van der Waals surface area contributed by atoms with Gasteiger partial charge in [-0.05, 0) is 49.4 Å². The monoisotopic (exact) mass is 239 g/mol. The average molecular weight is 239 g/mol. The highest BCUT2D eigenvalue weighted by Gasteiger charge is 2.35. The van der Waals surface area contributed by atoms with Crippen molar-refractivity contribution >= 4 is 0 Å². The van der Waals surface area contributed by atoms with E-state index in [0.29, 0.717) is 16.9 Å². The molecule has 1 aliphatic rings. The molecule has 0 spiro atoms. The van der Waals surface area contributed by atoms with Crippen molar-refractivity contribution in [3.05, 3.63) is 0 Å². The van der Waals surface area contributed by atoms with Gasteiger partial charge in [-0.1, -0.05) is 47.0 Å². The molecule has 3 atom stereocenters. The molecule has 0 radical (unpaired) electrons. The summed E-state index contributed by atoms with van der Waals surface area (Å²) in [4.78, 5) is 0. The molecule has 1 heteroatoms. The Morgan fingerprint density at radius 2 is 1.24 bits per heavy atom. The Hall–Kier alpha value is -0.0400. The Balaban J connectivity index is 2.78. The van der Waals surface area contributed by atoms with E-state index in [1.54, 1.807) is 0 Å². The highest BCUT2D eigenvalue weighted by atomic mass is 14.7. The summed E-state index contributed by atoms with van der Waals surface area (Å²) in [7, 11) is 0. The first-order chi connectivity index (χ1) is 7.80. The number of rotatable bonds is 2. The third-order valence-corrected chi connectivity index (χ3v) is 5.76. The first kappa shape index (κ1) is 15.0. The zero-order valence-corrected chi connectivity index (χ0v) is 12.7. The zero-order valence-electron chi connectivity index (χ0n) is 12.7. The molecule has 3 unspecified atom stereocenters. The molecular weight excluding hydrogens is 206 g/mol. The second-order valence-electron chi connectivity index (χ2n) is 7.31. The van der Waals surface area contributed by atoms with Crippen LogP contribution in [0, 0.1) is 16.7 Å². The molecule has 0 heterocycles. The minimum absolute atomic E-state index is 0.331. The summed E-state index contributed by atoms with van der Waals surface area (Å²) in [6.45, 7) is 11.9. The van der Waals surface area contributed by atoms with Crippen LogP contribution in [-0.4, -0.2) is 6.04 Å². The first-order valence-electron chi connectivity index (χ1n) is 7.56. The van der Waals surface area contributed by atoms with Crippen LogP contribution in [0.5, 0.6) is 0 Å². The van der Waals surface area contributed by atoms with Crippen LogP contribution in [0.2, 0.25) is 0 Å². The summed E-state index contributed by atoms with van der Waals surface area (Å²) >= 11 is 0. The van der Waals surface area contributed by atoms with Crippen molar-refractivity contribution < 1.29 is 0 Å². The predicted octanol–water partition coefficient (Wildman–Crippen LogP) is 4.75. The molecule has 0 bridgehead atoms. The van der Waals surface area contributed by atoms with Crippen molar-refractivity contribution in [1.29, 1.82) is 0 Å². The molecule has 1 fully saturated rings. The lowest BCUT2D eigenvalue weighted by molar-refractivity contribution is 0.131. The lowest BCUT2D eigenvalue weighted by Gasteiger charge is -2.39. The van der Waals surface area contributed by atoms with E-state index in [-0.39, 0.29) is 0 Å². The highest BCUT2D eigenvalue weighted by molar-refractivity contribution is 4.88. The van der Waals surface area contributed by atoms with Crippen LogP contribution in [0.25, 0.3) is 0 Å². The third-order valence-electron chi connectivity index (χ3n) is 5.76. The van der Waals surface area contributed by atoms with Crippen molar-refractivity contribution in [2.75, 3.05) is 0 Å². The van der Waals surface area contributed by atoms with Crippen molar-refractivity contribution in [3.63, 3.8) is 0 Å². The van der Waals surface area contributed by atoms with Gasteiger partial charge in [0.1, 0.15) is 0 Å². The summed E-state index contributed by atoms with van der Waals surface area (Å²) in [5.74, 6) is 0.790. The van der Waals surface area contributed by atoms with E-state index in [9.17, 15) is 0 Å². The van der Waals surface area contributed by atoms with Gasteiger partial charge in [-0.25, -0.2) is 0 Å². The van der Waals surface area contributed by atoms with Gasteiger partial charge in [0.15, 0.2) is 0 Å². The fourth-order valence-corrected chi connectivity index (χ4v) is 3.09. The van der Waals surface area contributed by atoms with E-state index in [0.717, 1.165) is 5.92 Å². The van der Waals surface area contributed by atoms with E-state index < -0.39 is 0 Å². The lowest BCUT2D eigenvalue weighted by atomic mass is 9.67. The molecule has 0 aromatic heterocycles. The second-order valence-corrected chi connectivity index (χ2v) is 7.31. The smallest absolute Gasteiger partial charge is 0.00643 e. The molecule has 2 N–H and O–H groups in total. The first-order valence-corrected chi connectivity index (χ1v) is 7.56. The third kappa shape index (κ3) is 3.71. The van der Waals surface area contributed by atoms with Gasteiger partial charge in [0.25, 0.3) is 0 Å². The topological polar surface area (TPSA) is 26.0 Å². The van der Waals surface area contributed by atoms with Gasteiger partial charge in [-0.3, -0.25) is 0 Å². The van der Waals surface area contributed by atoms with Gasteiger partial charge in [-0.15, -0.1) is 0 Å². The Morgan fingerprint density at radius 3 is 1.71 bits per heavy atom. The molecule has 17 heavy (non-hydrogen) atoms. The summed E-state index contributed by atoms with van der Waals surface area (Å²) in [5, 5.41) is 0. The Morgan fingerprint density at radius 1 is 0.765 bits per heavy atom. The number of nitrogens with two attached hydrogens (primary N) is 1. The normalized spacial score (nSPS) is 38.3. The van der Waals surface area contributed by atoms with Gasteiger partial charge in [0.05, 0.1) is 0 Å². The van der Waals surface area contributed by atoms with E-state index >= 15 is 0 Å². The Labute approximate surface area is 109 Å². The van der Waals surface area contributed by atoms with E-state index in [4.69, 9.17) is 5.73 Å². The number of hydrogen-bond donors (Lipinski definition) is 1. The molecule has 0 aromatic carbocycles. The van der Waals surface area contributed by atoms with Crippen LogP contribution in [0.15, 0.2) is 0 Å². The zero-order chi connectivity index (χ0) is 13.1. The van der Waals surface area contributed by atoms with Crippen LogP contribution in [0.3, 0.4) is 0 Å². The summed E-state index contributed by atoms with van der Waals surface area (Å²) in [6.07, 6.45) is 9.54. The molecule has 1 saturated carbocycles. The minimum atomic E-state index is 0.331. The van der Waals surface area contributed by atoms with Gasteiger partial charge in [0, 0.05) is 6.04 Å². The average Bonchev–Trinajstić information content (AvgIpc) is 2.31. The molecule has 1 nitrogen and oxygen atoms in total. The van der Waals surface area contributed by atoms with Crippen molar-refractivity contribution in [1.82, 2.24) is 0 Å². The largest absolute Gasteiger partial charge is 0.327 e. The fraction of sp³-hybridized carbons (Fsp3) is 1.00. The van der Waals surface area contributed by atoms with Crippen LogP contribution in [0.1, 0.15) is 79.6 Å². The molecule has 102 valence electrons. The van der Waals surface area contributed by atoms with E-state index in [1.807, 2.05) is 0 Å². The Kier molecular flexibility index (Phi) is 5.07. The maximum Gasteiger partial charge on any atom is 0.00643 e. The number of hydrogen-bond acceptors (Lipinski definition) is 1. The van der Waals surface area contributed by atoms with Gasteiger partial charge in [-0.2, -0.15) is 0 Å². The molecule has 0 saturated heterocycles. The van der Waals surface area contributed by atoms with E-state index in [1.165, 1.54) is 44.9 Å². The summed E-state index contributed by atoms with van der Waals surface area (Å²) in [5.41, 5.74) is 7.13. The summed E-state index contributed by atoms with van der Waals surface area (Å²) < 4.78 is 0.